The summed E-state index contributed by atoms with van der Waals surface area (Å²) in [6.07, 6.45) is 6.24. The number of ether oxygens (including phenoxy) is 2. The van der Waals surface area contributed by atoms with E-state index < -0.39 is 14.8 Å². The molecule has 2 aromatic carbocycles. The lowest BCUT2D eigenvalue weighted by molar-refractivity contribution is -0.0325. The maximum Gasteiger partial charge on any atom is 0.342 e. The highest BCUT2D eigenvalue weighted by Gasteiger charge is 2.63. The normalized spacial score (nSPS) is 28.9. The van der Waals surface area contributed by atoms with E-state index in [9.17, 15) is 8.42 Å². The topological polar surface area (TPSA) is 65.0 Å². The smallest absolute Gasteiger partial charge is 0.342 e. The summed E-state index contributed by atoms with van der Waals surface area (Å²) in [5.74, 6) is 1.07. The predicted octanol–water partition coefficient (Wildman–Crippen LogP) is 5.06. The van der Waals surface area contributed by atoms with Gasteiger partial charge in [0, 0.05) is 22.5 Å². The van der Waals surface area contributed by atoms with E-state index in [-0.39, 0.29) is 11.3 Å². The third kappa shape index (κ3) is 3.40. The van der Waals surface area contributed by atoms with Crippen LogP contribution in [-0.4, -0.2) is 19.9 Å². The van der Waals surface area contributed by atoms with Crippen LogP contribution in [0.2, 0.25) is 0 Å². The summed E-state index contributed by atoms with van der Waals surface area (Å²) in [6, 6.07) is 16.4. The van der Waals surface area contributed by atoms with Crippen LogP contribution in [0.15, 0.2) is 52.9 Å². The van der Waals surface area contributed by atoms with Gasteiger partial charge in [-0.3, -0.25) is 0 Å². The summed E-state index contributed by atoms with van der Waals surface area (Å²) in [6.45, 7) is 0.505. The highest BCUT2D eigenvalue weighted by Crippen LogP contribution is 2.60. The number of benzene rings is 2. The van der Waals surface area contributed by atoms with E-state index in [4.69, 9.17) is 20.2 Å². The fraction of sp³-hybridized carbons (Fsp3) is 0.435. The number of nitrogens with zero attached hydrogens (tertiary/aromatic N) is 1. The van der Waals surface area contributed by atoms with Gasteiger partial charge in [-0.25, -0.2) is 0 Å². The molecule has 2 aromatic rings. The molecule has 0 amide bonds. The second-order valence-electron chi connectivity index (χ2n) is 8.55. The van der Waals surface area contributed by atoms with Crippen molar-refractivity contribution in [2.75, 3.05) is 0 Å². The maximum absolute atomic E-state index is 11.6. The minimum atomic E-state index is -4.01. The largest absolute Gasteiger partial charge is 0.489 e. The number of hydrogen-bond donors (Lipinski definition) is 0. The average Bonchev–Trinajstić information content (AvgIpc) is 3.06. The van der Waals surface area contributed by atoms with E-state index >= 15 is 0 Å². The summed E-state index contributed by atoms with van der Waals surface area (Å²) in [5.41, 5.74) is 2.95. The zero-order chi connectivity index (χ0) is 20.8. The Morgan fingerprint density at radius 2 is 1.87 bits per heavy atom. The van der Waals surface area contributed by atoms with Gasteiger partial charge in [0.15, 0.2) is 0 Å². The number of rotatable bonds is 4. The molecule has 1 saturated heterocycles. The van der Waals surface area contributed by atoms with Gasteiger partial charge in [0.1, 0.15) is 18.0 Å². The molecule has 1 aliphatic heterocycles. The first-order valence-electron chi connectivity index (χ1n) is 10.4. The minimum absolute atomic E-state index is 0.246. The van der Waals surface area contributed by atoms with Gasteiger partial charge in [0.25, 0.3) is 0 Å². The van der Waals surface area contributed by atoms with Crippen molar-refractivity contribution in [1.29, 1.82) is 0 Å². The number of fused-ring (bicyclic) bond motifs is 1. The average molecular weight is 446 g/mol. The Morgan fingerprint density at radius 3 is 2.67 bits per heavy atom. The molecule has 158 valence electrons. The maximum atomic E-state index is 11.6. The standard InChI is InChI=1S/C23H24ClNO4S/c24-30(26,27)25-21-15-22-11-4-5-12-23(22,29-21)13-10-18-8-9-19(14-20(18)22)28-16-17-6-2-1-3-7-17/h1-3,6-9,14H,4-5,10-13,15-16H2. The predicted molar refractivity (Wildman–Crippen MR) is 116 cm³/mol. The molecule has 1 saturated carbocycles. The van der Waals surface area contributed by atoms with Crippen LogP contribution in [0, 0.1) is 0 Å². The monoisotopic (exact) mass is 445 g/mol. The highest BCUT2D eigenvalue weighted by molar-refractivity contribution is 8.12. The summed E-state index contributed by atoms with van der Waals surface area (Å²) in [4.78, 5) is 0. The second kappa shape index (κ2) is 7.27. The summed E-state index contributed by atoms with van der Waals surface area (Å²) in [5, 5.41) is 0. The van der Waals surface area contributed by atoms with Crippen molar-refractivity contribution in [3.05, 3.63) is 65.2 Å². The number of hydrogen-bond acceptors (Lipinski definition) is 4. The third-order valence-electron chi connectivity index (χ3n) is 6.93. The molecule has 1 heterocycles. The van der Waals surface area contributed by atoms with E-state index in [1.54, 1.807) is 0 Å². The molecule has 3 aliphatic rings. The molecule has 2 unspecified atom stereocenters. The van der Waals surface area contributed by atoms with Crippen molar-refractivity contribution in [3.8, 4) is 5.75 Å². The number of aryl methyl sites for hydroxylation is 1. The molecule has 0 bridgehead atoms. The van der Waals surface area contributed by atoms with Crippen molar-refractivity contribution in [1.82, 2.24) is 0 Å². The summed E-state index contributed by atoms with van der Waals surface area (Å²) >= 11 is 0. The SMILES string of the molecule is O=S(=O)(Cl)N=C1CC23CCCCC2(CCc2ccc(OCc4ccccc4)cc23)O1. The van der Waals surface area contributed by atoms with Crippen molar-refractivity contribution in [2.24, 2.45) is 4.40 Å². The van der Waals surface area contributed by atoms with Gasteiger partial charge in [0.05, 0.1) is 0 Å². The van der Waals surface area contributed by atoms with Crippen LogP contribution in [0.5, 0.6) is 5.75 Å². The van der Waals surface area contributed by atoms with Crippen LogP contribution in [0.4, 0.5) is 0 Å². The molecule has 30 heavy (non-hydrogen) atoms. The lowest BCUT2D eigenvalue weighted by Gasteiger charge is -2.51. The lowest BCUT2D eigenvalue weighted by atomic mass is 9.54. The number of halogens is 1. The summed E-state index contributed by atoms with van der Waals surface area (Å²) in [7, 11) is 1.40. The quantitative estimate of drug-likeness (QED) is 0.616. The van der Waals surface area contributed by atoms with Gasteiger partial charge in [-0.2, -0.15) is 8.42 Å². The van der Waals surface area contributed by atoms with Crippen LogP contribution in [-0.2, 0) is 32.4 Å². The Hall–Kier alpha value is -2.05. The van der Waals surface area contributed by atoms with Gasteiger partial charge in [-0.1, -0.05) is 42.8 Å². The Morgan fingerprint density at radius 1 is 1.07 bits per heavy atom. The van der Waals surface area contributed by atoms with Crippen molar-refractivity contribution < 1.29 is 17.9 Å². The first-order chi connectivity index (χ1) is 14.4. The molecule has 5 rings (SSSR count). The molecule has 2 fully saturated rings. The fourth-order valence-corrected chi connectivity index (χ4v) is 6.25. The van der Waals surface area contributed by atoms with Gasteiger partial charge in [-0.15, -0.1) is 4.40 Å². The molecule has 2 atom stereocenters. The Labute approximate surface area is 181 Å². The van der Waals surface area contributed by atoms with Crippen molar-refractivity contribution in [3.63, 3.8) is 0 Å². The van der Waals surface area contributed by atoms with Crippen LogP contribution in [0.1, 0.15) is 55.2 Å². The lowest BCUT2D eigenvalue weighted by Crippen LogP contribution is -2.53. The van der Waals surface area contributed by atoms with Gasteiger partial charge >= 0.3 is 9.24 Å². The molecule has 0 radical (unpaired) electrons. The van der Waals surface area contributed by atoms with Gasteiger partial charge in [0.2, 0.25) is 5.90 Å². The highest BCUT2D eigenvalue weighted by atomic mass is 35.7. The molecule has 0 spiro atoms. The molecule has 0 N–H and O–H groups in total. The Bertz CT molecular complexity index is 1100. The summed E-state index contributed by atoms with van der Waals surface area (Å²) < 4.78 is 39.3. The molecular weight excluding hydrogens is 422 g/mol. The molecule has 0 aromatic heterocycles. The van der Waals surface area contributed by atoms with Crippen LogP contribution in [0.3, 0.4) is 0 Å². The second-order valence-corrected chi connectivity index (χ2v) is 10.7. The van der Waals surface area contributed by atoms with Crippen LogP contribution >= 0.6 is 10.7 Å². The molecule has 2 aliphatic carbocycles. The Kier molecular flexibility index (Phi) is 4.82. The van der Waals surface area contributed by atoms with E-state index in [1.165, 1.54) is 11.1 Å². The first-order valence-corrected chi connectivity index (χ1v) is 12.7. The zero-order valence-corrected chi connectivity index (χ0v) is 18.2. The third-order valence-corrected chi connectivity index (χ3v) is 7.56. The molecule has 5 nitrogen and oxygen atoms in total. The van der Waals surface area contributed by atoms with E-state index in [1.807, 2.05) is 36.4 Å². The van der Waals surface area contributed by atoms with E-state index in [0.717, 1.165) is 49.8 Å². The van der Waals surface area contributed by atoms with Crippen LogP contribution in [0.25, 0.3) is 0 Å². The zero-order valence-electron chi connectivity index (χ0n) is 16.6. The van der Waals surface area contributed by atoms with Gasteiger partial charge in [-0.05, 0) is 60.9 Å². The van der Waals surface area contributed by atoms with Crippen molar-refractivity contribution in [2.45, 2.75) is 62.6 Å². The van der Waals surface area contributed by atoms with E-state index in [0.29, 0.717) is 13.0 Å². The first kappa shape index (κ1) is 19.9. The fourth-order valence-electron chi connectivity index (χ4n) is 5.67. The van der Waals surface area contributed by atoms with Crippen molar-refractivity contribution >= 4 is 25.8 Å². The Balaban J connectivity index is 1.52. The van der Waals surface area contributed by atoms with Gasteiger partial charge < -0.3 is 9.47 Å². The molecular formula is C23H24ClNO4S. The van der Waals surface area contributed by atoms with E-state index in [2.05, 4.69) is 16.5 Å². The van der Waals surface area contributed by atoms with Crippen LogP contribution < -0.4 is 4.74 Å². The molecule has 7 heteroatoms. The minimum Gasteiger partial charge on any atom is -0.489 e.